The number of rotatable bonds is 6. The Morgan fingerprint density at radius 2 is 1.04 bits per heavy atom. The molecule has 1 heterocycles. The summed E-state index contributed by atoms with van der Waals surface area (Å²) in [6, 6.07) is 50.7. The van der Waals surface area contributed by atoms with Crippen molar-refractivity contribution in [3.05, 3.63) is 188 Å². The lowest BCUT2D eigenvalue weighted by Crippen LogP contribution is -2.27. The molecule has 0 N–H and O–H groups in total. The molecule has 0 bridgehead atoms. The molecule has 3 heteroatoms. The number of benzene rings is 6. The van der Waals surface area contributed by atoms with Crippen LogP contribution in [-0.2, 0) is 0 Å². The molecule has 9 rings (SSSR count). The summed E-state index contributed by atoms with van der Waals surface area (Å²) in [7, 11) is 0. The molecule has 2 aliphatic rings. The molecule has 0 fully saturated rings. The van der Waals surface area contributed by atoms with Gasteiger partial charge in [-0.2, -0.15) is 0 Å². The van der Waals surface area contributed by atoms with Crippen molar-refractivity contribution in [3.8, 4) is 0 Å². The van der Waals surface area contributed by atoms with Crippen LogP contribution in [0.1, 0.15) is 0 Å². The van der Waals surface area contributed by atoms with Gasteiger partial charge in [-0.15, -0.1) is 11.3 Å². The fourth-order valence-corrected chi connectivity index (χ4v) is 8.25. The molecule has 47 heavy (non-hydrogen) atoms. The summed E-state index contributed by atoms with van der Waals surface area (Å²) in [5.41, 5.74) is 7.08. The lowest BCUT2D eigenvalue weighted by atomic mass is 9.82. The van der Waals surface area contributed by atoms with Gasteiger partial charge in [-0.3, -0.25) is 0 Å². The predicted octanol–water partition coefficient (Wildman–Crippen LogP) is 12.6. The molecule has 224 valence electrons. The fourth-order valence-electron chi connectivity index (χ4n) is 7.18. The number of nitrogens with zero attached hydrogens (tertiary/aromatic N) is 2. The molecule has 0 radical (unpaired) electrons. The van der Waals surface area contributed by atoms with Crippen LogP contribution in [0.2, 0.25) is 0 Å². The Kier molecular flexibility index (Phi) is 6.84. The Morgan fingerprint density at radius 1 is 0.447 bits per heavy atom. The van der Waals surface area contributed by atoms with Gasteiger partial charge in [0.05, 0.1) is 5.69 Å². The van der Waals surface area contributed by atoms with E-state index >= 15 is 0 Å². The van der Waals surface area contributed by atoms with Crippen molar-refractivity contribution < 1.29 is 0 Å². The van der Waals surface area contributed by atoms with Crippen molar-refractivity contribution in [2.45, 2.75) is 0 Å². The highest BCUT2D eigenvalue weighted by Gasteiger charge is 2.28. The van der Waals surface area contributed by atoms with Crippen LogP contribution in [0.25, 0.3) is 30.9 Å². The fraction of sp³-hybridized carbons (Fsp3) is 0.0455. The summed E-state index contributed by atoms with van der Waals surface area (Å²) >= 11 is 1.86. The minimum absolute atomic E-state index is 0.284. The summed E-state index contributed by atoms with van der Waals surface area (Å²) in [6.45, 7) is 0. The van der Waals surface area contributed by atoms with E-state index in [4.69, 9.17) is 0 Å². The Bertz CT molecular complexity index is 2370. The third kappa shape index (κ3) is 4.88. The molecule has 2 unspecified atom stereocenters. The van der Waals surface area contributed by atoms with Gasteiger partial charge >= 0.3 is 0 Å². The molecular weight excluding hydrogens is 589 g/mol. The van der Waals surface area contributed by atoms with Crippen molar-refractivity contribution >= 4 is 70.7 Å². The van der Waals surface area contributed by atoms with Crippen molar-refractivity contribution in [1.82, 2.24) is 0 Å². The molecule has 7 aromatic rings. The van der Waals surface area contributed by atoms with E-state index in [2.05, 4.69) is 192 Å². The van der Waals surface area contributed by atoms with E-state index in [-0.39, 0.29) is 5.92 Å². The zero-order valence-corrected chi connectivity index (χ0v) is 26.6. The van der Waals surface area contributed by atoms with E-state index in [0.29, 0.717) is 5.92 Å². The third-order valence-electron chi connectivity index (χ3n) is 9.37. The van der Waals surface area contributed by atoms with Crippen molar-refractivity contribution in [2.24, 2.45) is 11.8 Å². The van der Waals surface area contributed by atoms with Crippen molar-refractivity contribution in [1.29, 1.82) is 0 Å². The normalized spacial score (nSPS) is 16.8. The molecule has 0 saturated carbocycles. The molecule has 0 spiro atoms. The molecule has 2 atom stereocenters. The molecule has 6 aromatic carbocycles. The second-order valence-electron chi connectivity index (χ2n) is 12.2. The maximum atomic E-state index is 2.45. The summed E-state index contributed by atoms with van der Waals surface area (Å²) in [5, 5.41) is 5.01. The molecule has 0 aliphatic heterocycles. The second kappa shape index (κ2) is 11.6. The summed E-state index contributed by atoms with van der Waals surface area (Å²) in [6.07, 6.45) is 15.8. The maximum Gasteiger partial charge on any atom is 0.0540 e. The number of hydrogen-bond donors (Lipinski definition) is 0. The SMILES string of the molecule is C1=CC2C=CC=C(N(c3ccccc3)c3ccc4sc5ccc(N(c6ccccc6)c6cccc7ccccc67)cc5c4c3)C2C=C1. The zero-order chi connectivity index (χ0) is 31.2. The Hall–Kier alpha value is -5.64. The average Bonchev–Trinajstić information content (AvgIpc) is 3.50. The predicted molar refractivity (Wildman–Crippen MR) is 203 cm³/mol. The van der Waals surface area contributed by atoms with Crippen LogP contribution in [0, 0.1) is 11.8 Å². The maximum absolute atomic E-state index is 2.45. The van der Waals surface area contributed by atoms with Crippen LogP contribution in [0.4, 0.5) is 28.4 Å². The van der Waals surface area contributed by atoms with Crippen LogP contribution in [-0.4, -0.2) is 0 Å². The largest absolute Gasteiger partial charge is 0.314 e. The lowest BCUT2D eigenvalue weighted by molar-refractivity contribution is 0.612. The van der Waals surface area contributed by atoms with Gasteiger partial charge in [0, 0.05) is 65.8 Å². The minimum Gasteiger partial charge on any atom is -0.314 e. The molecule has 0 amide bonds. The van der Waals surface area contributed by atoms with E-state index in [0.717, 1.165) is 11.4 Å². The number of hydrogen-bond acceptors (Lipinski definition) is 3. The van der Waals surface area contributed by atoms with E-state index < -0.39 is 0 Å². The first-order valence-electron chi connectivity index (χ1n) is 16.2. The number of fused-ring (bicyclic) bond motifs is 5. The van der Waals surface area contributed by atoms with Crippen molar-refractivity contribution in [2.75, 3.05) is 9.80 Å². The number of para-hydroxylation sites is 2. The Labute approximate surface area is 279 Å². The highest BCUT2D eigenvalue weighted by atomic mass is 32.1. The van der Waals surface area contributed by atoms with Crippen LogP contribution in [0.15, 0.2) is 188 Å². The van der Waals surface area contributed by atoms with Gasteiger partial charge in [-0.05, 0) is 78.2 Å². The topological polar surface area (TPSA) is 6.48 Å². The van der Waals surface area contributed by atoms with Crippen LogP contribution < -0.4 is 9.80 Å². The Morgan fingerprint density at radius 3 is 1.79 bits per heavy atom. The lowest BCUT2D eigenvalue weighted by Gasteiger charge is -2.36. The molecule has 2 nitrogen and oxygen atoms in total. The average molecular weight is 621 g/mol. The summed E-state index contributed by atoms with van der Waals surface area (Å²) in [4.78, 5) is 4.84. The van der Waals surface area contributed by atoms with Gasteiger partial charge < -0.3 is 9.80 Å². The molecule has 1 aromatic heterocycles. The van der Waals surface area contributed by atoms with E-state index in [9.17, 15) is 0 Å². The highest BCUT2D eigenvalue weighted by molar-refractivity contribution is 7.25. The van der Waals surface area contributed by atoms with E-state index in [1.165, 1.54) is 53.7 Å². The first kappa shape index (κ1) is 27.7. The number of allylic oxidation sites excluding steroid dienone is 7. The summed E-state index contributed by atoms with van der Waals surface area (Å²) in [5.74, 6) is 0.643. The van der Waals surface area contributed by atoms with Gasteiger partial charge in [-0.25, -0.2) is 0 Å². The minimum atomic E-state index is 0.284. The van der Waals surface area contributed by atoms with Crippen molar-refractivity contribution in [3.63, 3.8) is 0 Å². The second-order valence-corrected chi connectivity index (χ2v) is 13.2. The van der Waals surface area contributed by atoms with E-state index in [1.54, 1.807) is 0 Å². The monoisotopic (exact) mass is 620 g/mol. The smallest absolute Gasteiger partial charge is 0.0540 e. The Balaban J connectivity index is 1.22. The molecule has 0 saturated heterocycles. The third-order valence-corrected chi connectivity index (χ3v) is 10.5. The van der Waals surface area contributed by atoms with Crippen LogP contribution in [0.3, 0.4) is 0 Å². The number of thiophene rings is 1. The van der Waals surface area contributed by atoms with Gasteiger partial charge in [-0.1, -0.05) is 109 Å². The molecular formula is C44H32N2S. The first-order chi connectivity index (χ1) is 23.3. The quantitative estimate of drug-likeness (QED) is 0.182. The zero-order valence-electron chi connectivity index (χ0n) is 25.8. The standard InChI is InChI=1S/C44H32N2S/c1-3-17-33(18-4-1)45(41-23-11-15-31-13-7-9-21-37(31)41)35-25-27-43-39(29-35)40-30-36(26-28-44(40)47-43)46(34-19-5-2-6-20-34)42-24-12-16-32-14-8-10-22-38(32)42/h1-31,37H. The number of anilines is 5. The van der Waals surface area contributed by atoms with Gasteiger partial charge in [0.15, 0.2) is 0 Å². The van der Waals surface area contributed by atoms with Crippen LogP contribution >= 0.6 is 11.3 Å². The van der Waals surface area contributed by atoms with Crippen LogP contribution in [0.5, 0.6) is 0 Å². The molecule has 2 aliphatic carbocycles. The van der Waals surface area contributed by atoms with Gasteiger partial charge in [0.25, 0.3) is 0 Å². The summed E-state index contributed by atoms with van der Waals surface area (Å²) < 4.78 is 2.58. The highest BCUT2D eigenvalue weighted by Crippen LogP contribution is 2.45. The first-order valence-corrected chi connectivity index (χ1v) is 17.0. The van der Waals surface area contributed by atoms with Gasteiger partial charge in [0.1, 0.15) is 0 Å². The van der Waals surface area contributed by atoms with Gasteiger partial charge in [0.2, 0.25) is 0 Å². The van der Waals surface area contributed by atoms with E-state index in [1.807, 2.05) is 11.3 Å².